The summed E-state index contributed by atoms with van der Waals surface area (Å²) in [5.41, 5.74) is 0. The van der Waals surface area contributed by atoms with Crippen LogP contribution in [0.25, 0.3) is 0 Å². The Bertz CT molecular complexity index is 8.00. The molecule has 0 heterocycles. The Labute approximate surface area is 79.2 Å². The van der Waals surface area contributed by atoms with E-state index in [1.54, 1.807) is 0 Å². The Morgan fingerprint density at radius 3 is 1.00 bits per heavy atom. The van der Waals surface area contributed by atoms with E-state index in [4.69, 9.17) is 0 Å². The molecule has 0 amide bonds. The minimum Gasteiger partial charge on any atom is 0 e. The standard InChI is InChI=1S/Ag.Fe.Pd.Re. The topological polar surface area (TPSA) is 0 Å². The molecule has 0 aromatic carbocycles. The van der Waals surface area contributed by atoms with Crippen LogP contribution in [0.3, 0.4) is 0 Å². The van der Waals surface area contributed by atoms with Crippen molar-refractivity contribution in [2.45, 2.75) is 0 Å². The van der Waals surface area contributed by atoms with E-state index in [9.17, 15) is 0 Å². The Hall–Kier alpha value is 2.58. The summed E-state index contributed by atoms with van der Waals surface area (Å²) in [5.74, 6) is 0. The van der Waals surface area contributed by atoms with Crippen molar-refractivity contribution in [2.24, 2.45) is 0 Å². The largest absolute Gasteiger partial charge is 0 e. The van der Waals surface area contributed by atoms with Gasteiger partial charge in [0.05, 0.1) is 0 Å². The fourth-order valence-corrected chi connectivity index (χ4v) is 0. The summed E-state index contributed by atoms with van der Waals surface area (Å²) in [6.45, 7) is 0. The molecule has 0 aliphatic carbocycles. The van der Waals surface area contributed by atoms with Crippen LogP contribution in [0.15, 0.2) is 0 Å². The molecule has 0 aromatic heterocycles. The summed E-state index contributed by atoms with van der Waals surface area (Å²) in [6, 6.07) is 0. The van der Waals surface area contributed by atoms with Gasteiger partial charge in [0.15, 0.2) is 0 Å². The zero-order chi connectivity index (χ0) is 0. The maximum Gasteiger partial charge on any atom is 0 e. The van der Waals surface area contributed by atoms with Gasteiger partial charge >= 0.3 is 0 Å². The van der Waals surface area contributed by atoms with Gasteiger partial charge in [-0.15, -0.1) is 0 Å². The van der Waals surface area contributed by atoms with Crippen LogP contribution >= 0.6 is 0 Å². The fraction of sp³-hybridized carbons (Fsp3) is 0. The van der Waals surface area contributed by atoms with Crippen LogP contribution in [0, 0.1) is 0 Å². The molecular weight excluding hydrogens is 456 g/mol. The average Bonchev–Trinajstić information content (AvgIpc) is 0. The van der Waals surface area contributed by atoms with Crippen LogP contribution < -0.4 is 0 Å². The van der Waals surface area contributed by atoms with Gasteiger partial charge in [-0.25, -0.2) is 0 Å². The van der Waals surface area contributed by atoms with Crippen LogP contribution in [-0.4, -0.2) is 0 Å². The molecule has 0 unspecified atom stereocenters. The minimum absolute atomic E-state index is 0. The van der Waals surface area contributed by atoms with Crippen LogP contribution in [0.4, 0.5) is 0 Å². The molecule has 0 aromatic rings. The van der Waals surface area contributed by atoms with Crippen molar-refractivity contribution in [2.75, 3.05) is 0 Å². The summed E-state index contributed by atoms with van der Waals surface area (Å²) in [5, 5.41) is 0. The zero-order valence-corrected chi connectivity index (χ0v) is 8.21. The van der Waals surface area contributed by atoms with Crippen molar-refractivity contribution in [3.8, 4) is 0 Å². The third kappa shape index (κ3) is 8.82. The summed E-state index contributed by atoms with van der Waals surface area (Å²) >= 11 is 0. The van der Waals surface area contributed by atoms with Gasteiger partial charge in [0.1, 0.15) is 0 Å². The number of hydrogen-bond donors (Lipinski definition) is 0. The predicted molar refractivity (Wildman–Crippen MR) is 0 cm³/mol. The Morgan fingerprint density at radius 1 is 1.00 bits per heavy atom. The number of rotatable bonds is 0. The molecule has 0 spiro atoms. The van der Waals surface area contributed by atoms with Gasteiger partial charge in [-0.05, 0) is 0 Å². The summed E-state index contributed by atoms with van der Waals surface area (Å²) in [4.78, 5) is 0. The Morgan fingerprint density at radius 2 is 1.00 bits per heavy atom. The van der Waals surface area contributed by atoms with E-state index in [0.29, 0.717) is 0 Å². The van der Waals surface area contributed by atoms with Crippen molar-refractivity contribution in [3.63, 3.8) is 0 Å². The van der Waals surface area contributed by atoms with E-state index in [1.165, 1.54) is 0 Å². The molecule has 36 valence electrons. The minimum atomic E-state index is 0. The molecule has 0 rings (SSSR count). The smallest absolute Gasteiger partial charge is 0 e. The van der Waals surface area contributed by atoms with Gasteiger partial charge in [-0.2, -0.15) is 0 Å². The first-order valence-corrected chi connectivity index (χ1v) is 0. The van der Waals surface area contributed by atoms with E-state index in [-0.39, 0.29) is 80.3 Å². The molecule has 4 heteroatoms. The second kappa shape index (κ2) is 17.6. The van der Waals surface area contributed by atoms with E-state index in [0.717, 1.165) is 0 Å². The van der Waals surface area contributed by atoms with Gasteiger partial charge in [0.2, 0.25) is 0 Å². The summed E-state index contributed by atoms with van der Waals surface area (Å²) < 4.78 is 0. The molecule has 0 atom stereocenters. The van der Waals surface area contributed by atoms with Crippen LogP contribution in [0.5, 0.6) is 0 Å². The van der Waals surface area contributed by atoms with E-state index >= 15 is 0 Å². The monoisotopic (exact) mass is 456 g/mol. The molecule has 0 aliphatic rings. The Kier molecular flexibility index (Phi) is 135. The summed E-state index contributed by atoms with van der Waals surface area (Å²) in [7, 11) is 0. The maximum atomic E-state index is 0. The van der Waals surface area contributed by atoms with Crippen molar-refractivity contribution < 1.29 is 80.3 Å². The molecule has 0 saturated heterocycles. The molecule has 4 heavy (non-hydrogen) atoms. The third-order valence-corrected chi connectivity index (χ3v) is 0. The third-order valence-electron chi connectivity index (χ3n) is 0. The molecule has 0 saturated carbocycles. The van der Waals surface area contributed by atoms with E-state index < -0.39 is 0 Å². The molecule has 0 nitrogen and oxygen atoms in total. The van der Waals surface area contributed by atoms with Crippen molar-refractivity contribution in [3.05, 3.63) is 0 Å². The van der Waals surface area contributed by atoms with Crippen molar-refractivity contribution in [1.29, 1.82) is 0 Å². The van der Waals surface area contributed by atoms with Gasteiger partial charge < -0.3 is 0 Å². The van der Waals surface area contributed by atoms with Gasteiger partial charge in [0, 0.05) is 80.3 Å². The first-order chi connectivity index (χ1) is 0. The zero-order valence-electron chi connectivity index (χ0n) is 1.35. The number of hydrogen-bond acceptors (Lipinski definition) is 0. The molecule has 0 bridgehead atoms. The van der Waals surface area contributed by atoms with E-state index in [2.05, 4.69) is 0 Å². The van der Waals surface area contributed by atoms with Crippen LogP contribution in [-0.2, 0) is 80.3 Å². The van der Waals surface area contributed by atoms with Crippen molar-refractivity contribution in [1.82, 2.24) is 0 Å². The second-order valence-corrected chi connectivity index (χ2v) is 0. The first kappa shape index (κ1) is 30.7. The average molecular weight is 456 g/mol. The van der Waals surface area contributed by atoms with Gasteiger partial charge in [-0.1, -0.05) is 0 Å². The predicted octanol–water partition coefficient (Wildman–Crippen LogP) is -0.0100. The molecule has 0 fully saturated rings. The summed E-state index contributed by atoms with van der Waals surface area (Å²) in [6.07, 6.45) is 0. The molecule has 0 aliphatic heterocycles. The van der Waals surface area contributed by atoms with E-state index in [1.807, 2.05) is 0 Å². The van der Waals surface area contributed by atoms with Gasteiger partial charge in [-0.3, -0.25) is 0 Å². The van der Waals surface area contributed by atoms with Crippen LogP contribution in [0.2, 0.25) is 0 Å². The Balaban J connectivity index is 0. The SMILES string of the molecule is [Ag].[Fe].[Pd].[Re]. The van der Waals surface area contributed by atoms with Crippen molar-refractivity contribution >= 4 is 0 Å². The fourth-order valence-electron chi connectivity index (χ4n) is 0. The molecular formula is AgFePdRe. The normalized spacial score (nSPS) is 0. The molecule has 2 radical (unpaired) electrons. The first-order valence-electron chi connectivity index (χ1n) is 0. The second-order valence-electron chi connectivity index (χ2n) is 0. The van der Waals surface area contributed by atoms with Gasteiger partial charge in [0.25, 0.3) is 0 Å². The van der Waals surface area contributed by atoms with Crippen LogP contribution in [0.1, 0.15) is 0 Å². The maximum absolute atomic E-state index is 0. The molecule has 0 N–H and O–H groups in total. The quantitative estimate of drug-likeness (QED) is 0.450.